The third-order valence-electron chi connectivity index (χ3n) is 4.89. The quantitative estimate of drug-likeness (QED) is 0.690. The molecule has 1 amide bonds. The van der Waals surface area contributed by atoms with Gasteiger partial charge in [0.25, 0.3) is 5.91 Å². The third-order valence-corrected chi connectivity index (χ3v) is 4.89. The molecule has 150 valence electrons. The molecule has 8 heteroatoms. The lowest BCUT2D eigenvalue weighted by molar-refractivity contribution is 0.102. The van der Waals surface area contributed by atoms with Crippen molar-refractivity contribution in [3.63, 3.8) is 0 Å². The van der Waals surface area contributed by atoms with Crippen LogP contribution in [-0.4, -0.2) is 54.2 Å². The zero-order valence-corrected chi connectivity index (χ0v) is 16.6. The first kappa shape index (κ1) is 18.9. The number of amides is 1. The molecule has 0 aliphatic carbocycles. The smallest absolute Gasteiger partial charge is 0.274 e. The van der Waals surface area contributed by atoms with E-state index in [0.717, 1.165) is 31.9 Å². The number of piperazine rings is 1. The van der Waals surface area contributed by atoms with Crippen LogP contribution in [0.1, 0.15) is 16.2 Å². The molecule has 3 heterocycles. The van der Waals surface area contributed by atoms with Gasteiger partial charge in [-0.1, -0.05) is 5.16 Å². The Labute approximate surface area is 169 Å². The Morgan fingerprint density at radius 2 is 1.79 bits per heavy atom. The minimum atomic E-state index is -0.266. The summed E-state index contributed by atoms with van der Waals surface area (Å²) in [5.74, 6) is 1.02. The molecule has 0 bridgehead atoms. The molecule has 1 aromatic carbocycles. The molecule has 3 aromatic rings. The van der Waals surface area contributed by atoms with Gasteiger partial charge in [0, 0.05) is 55.5 Å². The molecule has 29 heavy (non-hydrogen) atoms. The van der Waals surface area contributed by atoms with Gasteiger partial charge < -0.3 is 25.0 Å². The van der Waals surface area contributed by atoms with Crippen molar-refractivity contribution in [2.24, 2.45) is 0 Å². The van der Waals surface area contributed by atoms with Gasteiger partial charge >= 0.3 is 0 Å². The van der Waals surface area contributed by atoms with Gasteiger partial charge in [-0.05, 0) is 50.4 Å². The normalized spacial score (nSPS) is 14.6. The molecular formula is C21H24N6O2. The topological polar surface area (TPSA) is 86.5 Å². The van der Waals surface area contributed by atoms with Crippen molar-refractivity contribution in [3.8, 4) is 0 Å². The maximum atomic E-state index is 12.6. The SMILES string of the molecule is Cc1cc(Nc2ccnc(C(=O)Nc3ccc(N4CCN(C)CC4)cc3)c2)no1. The lowest BCUT2D eigenvalue weighted by atomic mass is 10.2. The Balaban J connectivity index is 1.39. The van der Waals surface area contributed by atoms with Crippen LogP contribution in [0.4, 0.5) is 22.9 Å². The summed E-state index contributed by atoms with van der Waals surface area (Å²) in [5, 5.41) is 9.89. The summed E-state index contributed by atoms with van der Waals surface area (Å²) >= 11 is 0. The van der Waals surface area contributed by atoms with Crippen LogP contribution in [0.25, 0.3) is 0 Å². The molecule has 2 aromatic heterocycles. The molecule has 1 saturated heterocycles. The van der Waals surface area contributed by atoms with Crippen molar-refractivity contribution >= 4 is 28.8 Å². The van der Waals surface area contributed by atoms with E-state index in [0.29, 0.717) is 23.0 Å². The minimum absolute atomic E-state index is 0.266. The van der Waals surface area contributed by atoms with Gasteiger partial charge in [-0.15, -0.1) is 0 Å². The van der Waals surface area contributed by atoms with Gasteiger partial charge in [0.2, 0.25) is 0 Å². The number of hydrogen-bond acceptors (Lipinski definition) is 7. The van der Waals surface area contributed by atoms with Crippen molar-refractivity contribution in [2.75, 3.05) is 48.8 Å². The number of pyridine rings is 1. The fraction of sp³-hybridized carbons (Fsp3) is 0.286. The highest BCUT2D eigenvalue weighted by Crippen LogP contribution is 2.21. The predicted molar refractivity (Wildman–Crippen MR) is 113 cm³/mol. The molecular weight excluding hydrogens is 368 g/mol. The van der Waals surface area contributed by atoms with Crippen LogP contribution in [0, 0.1) is 6.92 Å². The second-order valence-electron chi connectivity index (χ2n) is 7.17. The molecule has 2 N–H and O–H groups in total. The third kappa shape index (κ3) is 4.72. The predicted octanol–water partition coefficient (Wildman–Crippen LogP) is 3.13. The van der Waals surface area contributed by atoms with E-state index in [9.17, 15) is 4.79 Å². The van der Waals surface area contributed by atoms with Crippen LogP contribution in [0.3, 0.4) is 0 Å². The van der Waals surface area contributed by atoms with E-state index in [1.807, 2.05) is 31.2 Å². The largest absolute Gasteiger partial charge is 0.369 e. The summed E-state index contributed by atoms with van der Waals surface area (Å²) in [6.07, 6.45) is 1.58. The fourth-order valence-corrected chi connectivity index (χ4v) is 3.22. The summed E-state index contributed by atoms with van der Waals surface area (Å²) in [5.41, 5.74) is 2.94. The van der Waals surface area contributed by atoms with Gasteiger partial charge in [0.1, 0.15) is 11.5 Å². The zero-order chi connectivity index (χ0) is 20.2. The number of aryl methyl sites for hydroxylation is 1. The molecule has 0 radical (unpaired) electrons. The van der Waals surface area contributed by atoms with E-state index >= 15 is 0 Å². The molecule has 0 atom stereocenters. The Bertz CT molecular complexity index is 977. The summed E-state index contributed by atoms with van der Waals surface area (Å²) in [6, 6.07) is 13.2. The number of likely N-dealkylation sites (N-methyl/N-ethyl adjacent to an activating group) is 1. The van der Waals surface area contributed by atoms with Gasteiger partial charge in [-0.2, -0.15) is 0 Å². The number of aromatic nitrogens is 2. The minimum Gasteiger partial charge on any atom is -0.369 e. The summed E-state index contributed by atoms with van der Waals surface area (Å²) in [6.45, 7) is 5.96. The van der Waals surface area contributed by atoms with Crippen molar-refractivity contribution in [1.29, 1.82) is 0 Å². The number of nitrogens with zero attached hydrogens (tertiary/aromatic N) is 4. The average Bonchev–Trinajstić information content (AvgIpc) is 3.14. The maximum Gasteiger partial charge on any atom is 0.274 e. The molecule has 8 nitrogen and oxygen atoms in total. The van der Waals surface area contributed by atoms with Crippen LogP contribution < -0.4 is 15.5 Å². The molecule has 0 saturated carbocycles. The summed E-state index contributed by atoms with van der Waals surface area (Å²) in [7, 11) is 2.14. The molecule has 4 rings (SSSR count). The molecule has 0 unspecified atom stereocenters. The fourth-order valence-electron chi connectivity index (χ4n) is 3.22. The molecule has 1 aliphatic heterocycles. The highest BCUT2D eigenvalue weighted by Gasteiger charge is 2.14. The van der Waals surface area contributed by atoms with Crippen LogP contribution >= 0.6 is 0 Å². The van der Waals surface area contributed by atoms with Crippen LogP contribution in [-0.2, 0) is 0 Å². The van der Waals surface area contributed by atoms with Crippen LogP contribution in [0.2, 0.25) is 0 Å². The number of anilines is 4. The Morgan fingerprint density at radius 3 is 2.48 bits per heavy atom. The second kappa shape index (κ2) is 8.32. The Kier molecular flexibility index (Phi) is 5.44. The Hall–Kier alpha value is -3.39. The Morgan fingerprint density at radius 1 is 1.03 bits per heavy atom. The van der Waals surface area contributed by atoms with E-state index < -0.39 is 0 Å². The number of benzene rings is 1. The number of hydrogen-bond donors (Lipinski definition) is 2. The molecule has 1 aliphatic rings. The number of nitrogens with one attached hydrogen (secondary N) is 2. The van der Waals surface area contributed by atoms with E-state index in [4.69, 9.17) is 4.52 Å². The standard InChI is InChI=1S/C21H24N6O2/c1-15-13-20(25-29-15)23-17-7-8-22-19(14-17)21(28)24-16-3-5-18(6-4-16)27-11-9-26(2)10-12-27/h3-8,13-14H,9-12H2,1-2H3,(H,24,28)(H,22,23,25). The first-order valence-corrected chi connectivity index (χ1v) is 9.58. The summed E-state index contributed by atoms with van der Waals surface area (Å²) < 4.78 is 5.04. The van der Waals surface area contributed by atoms with Crippen molar-refractivity contribution < 1.29 is 9.32 Å². The van der Waals surface area contributed by atoms with Gasteiger partial charge in [-0.25, -0.2) is 0 Å². The zero-order valence-electron chi connectivity index (χ0n) is 16.6. The number of rotatable bonds is 5. The molecule has 1 fully saturated rings. The van der Waals surface area contributed by atoms with Crippen molar-refractivity contribution in [3.05, 3.63) is 60.1 Å². The van der Waals surface area contributed by atoms with Crippen LogP contribution in [0.5, 0.6) is 0 Å². The first-order valence-electron chi connectivity index (χ1n) is 9.58. The van der Waals surface area contributed by atoms with Gasteiger partial charge in [-0.3, -0.25) is 9.78 Å². The van der Waals surface area contributed by atoms with Crippen molar-refractivity contribution in [1.82, 2.24) is 15.0 Å². The lowest BCUT2D eigenvalue weighted by Gasteiger charge is -2.34. The number of carbonyl (C=O) groups excluding carboxylic acids is 1. The second-order valence-corrected chi connectivity index (χ2v) is 7.17. The number of carbonyl (C=O) groups is 1. The average molecular weight is 392 g/mol. The lowest BCUT2D eigenvalue weighted by Crippen LogP contribution is -2.44. The van der Waals surface area contributed by atoms with E-state index in [1.165, 1.54) is 5.69 Å². The molecule has 0 spiro atoms. The monoisotopic (exact) mass is 392 g/mol. The maximum absolute atomic E-state index is 12.6. The van der Waals surface area contributed by atoms with Crippen molar-refractivity contribution in [2.45, 2.75) is 6.92 Å². The summed E-state index contributed by atoms with van der Waals surface area (Å²) in [4.78, 5) is 21.4. The van der Waals surface area contributed by atoms with E-state index in [-0.39, 0.29) is 5.91 Å². The highest BCUT2D eigenvalue weighted by atomic mass is 16.5. The van der Waals surface area contributed by atoms with Gasteiger partial charge in [0.15, 0.2) is 5.82 Å². The first-order chi connectivity index (χ1) is 14.1. The highest BCUT2D eigenvalue weighted by molar-refractivity contribution is 6.03. The van der Waals surface area contributed by atoms with Gasteiger partial charge in [0.05, 0.1) is 0 Å². The van der Waals surface area contributed by atoms with E-state index in [2.05, 4.69) is 37.6 Å². The van der Waals surface area contributed by atoms with E-state index in [1.54, 1.807) is 24.4 Å². The van der Waals surface area contributed by atoms with Crippen LogP contribution in [0.15, 0.2) is 53.2 Å².